The Kier molecular flexibility index (Phi) is 17.8. The lowest BCUT2D eigenvalue weighted by Gasteiger charge is -2.21. The van der Waals surface area contributed by atoms with Crippen LogP contribution in [0.3, 0.4) is 0 Å². The lowest BCUT2D eigenvalue weighted by molar-refractivity contribution is -0.385. The van der Waals surface area contributed by atoms with Gasteiger partial charge in [0.1, 0.15) is 36.2 Å². The Morgan fingerprint density at radius 3 is 1.21 bits per heavy atom. The molecule has 0 saturated heterocycles. The van der Waals surface area contributed by atoms with E-state index >= 15 is 0 Å². The molecule has 0 heterocycles. The maximum absolute atomic E-state index is 14.2. The van der Waals surface area contributed by atoms with Gasteiger partial charge in [-0.15, -0.1) is 0 Å². The van der Waals surface area contributed by atoms with E-state index in [1.54, 1.807) is 13.8 Å². The molecule has 0 saturated carbocycles. The van der Waals surface area contributed by atoms with Gasteiger partial charge >= 0.3 is 11.4 Å². The number of ether oxygens (including phenoxy) is 8. The molecule has 3 aromatic carbocycles. The molecular formula is C40H54N4O14. The summed E-state index contributed by atoms with van der Waals surface area (Å²) < 4.78 is 45.3. The SMILES string of the molecule is COc1cc(OC)c([N+](=O)[O-])cc1NC(=O)c1cc(C(=O)Nc2cc([N+](=O)[O-])c(OC)cc2OC)c(OCC(C)OCCC(C)C)cc1OCC(C)OCCC(C)C. The number of rotatable bonds is 24. The number of nitro groups is 2. The summed E-state index contributed by atoms with van der Waals surface area (Å²) in [4.78, 5) is 50.8. The van der Waals surface area contributed by atoms with Gasteiger partial charge < -0.3 is 48.5 Å². The predicted octanol–water partition coefficient (Wildman–Crippen LogP) is 7.70. The highest BCUT2D eigenvalue weighted by Gasteiger charge is 2.28. The van der Waals surface area contributed by atoms with E-state index in [9.17, 15) is 29.8 Å². The fraction of sp³-hybridized carbons (Fsp3) is 0.500. The molecule has 2 unspecified atom stereocenters. The van der Waals surface area contributed by atoms with Gasteiger partial charge in [0.25, 0.3) is 11.8 Å². The molecule has 0 aromatic heterocycles. The molecule has 0 aliphatic carbocycles. The molecular weight excluding hydrogens is 760 g/mol. The van der Waals surface area contributed by atoms with Crippen molar-refractivity contribution in [2.45, 2.75) is 66.6 Å². The van der Waals surface area contributed by atoms with Crippen LogP contribution in [0.2, 0.25) is 0 Å². The van der Waals surface area contributed by atoms with E-state index in [0.29, 0.717) is 25.0 Å². The largest absolute Gasteiger partial charge is 0.494 e. The summed E-state index contributed by atoms with van der Waals surface area (Å²) in [6.07, 6.45) is 0.794. The minimum absolute atomic E-state index is 0.0118. The van der Waals surface area contributed by atoms with Crippen molar-refractivity contribution in [3.8, 4) is 34.5 Å². The van der Waals surface area contributed by atoms with Crippen molar-refractivity contribution in [2.24, 2.45) is 11.8 Å². The van der Waals surface area contributed by atoms with Crippen LogP contribution in [-0.2, 0) is 9.47 Å². The number of nitrogens with zero attached hydrogens (tertiary/aromatic N) is 2. The van der Waals surface area contributed by atoms with E-state index in [0.717, 1.165) is 25.0 Å². The number of hydrogen-bond acceptors (Lipinski definition) is 14. The summed E-state index contributed by atoms with van der Waals surface area (Å²) >= 11 is 0. The Labute approximate surface area is 337 Å². The van der Waals surface area contributed by atoms with Gasteiger partial charge in [0, 0.05) is 43.5 Å². The zero-order chi connectivity index (χ0) is 43.1. The number of amides is 2. The Morgan fingerprint density at radius 1 is 0.552 bits per heavy atom. The zero-order valence-corrected chi connectivity index (χ0v) is 34.6. The van der Waals surface area contributed by atoms with Crippen molar-refractivity contribution in [2.75, 3.05) is 65.5 Å². The van der Waals surface area contributed by atoms with Crippen molar-refractivity contribution >= 4 is 34.6 Å². The van der Waals surface area contributed by atoms with Crippen LogP contribution >= 0.6 is 0 Å². The molecule has 18 heteroatoms. The first-order chi connectivity index (χ1) is 27.5. The monoisotopic (exact) mass is 814 g/mol. The summed E-state index contributed by atoms with van der Waals surface area (Å²) in [7, 11) is 5.13. The Morgan fingerprint density at radius 2 is 0.897 bits per heavy atom. The molecule has 18 nitrogen and oxygen atoms in total. The van der Waals surface area contributed by atoms with Crippen LogP contribution in [-0.4, -0.2) is 88.7 Å². The number of nitro benzene ring substituents is 2. The molecule has 2 amide bonds. The fourth-order valence-electron chi connectivity index (χ4n) is 5.30. The maximum atomic E-state index is 14.2. The number of anilines is 2. The molecule has 318 valence electrons. The quantitative estimate of drug-likeness (QED) is 0.0654. The van der Waals surface area contributed by atoms with E-state index < -0.39 is 45.2 Å². The van der Waals surface area contributed by atoms with Gasteiger partial charge in [-0.2, -0.15) is 0 Å². The van der Waals surface area contributed by atoms with Gasteiger partial charge in [-0.3, -0.25) is 29.8 Å². The van der Waals surface area contributed by atoms with Gasteiger partial charge in [-0.05, 0) is 44.6 Å². The normalized spacial score (nSPS) is 12.1. The van der Waals surface area contributed by atoms with Crippen LogP contribution in [0, 0.1) is 32.1 Å². The minimum Gasteiger partial charge on any atom is -0.494 e. The molecule has 0 aliphatic heterocycles. The Hall–Kier alpha value is -5.88. The van der Waals surface area contributed by atoms with Crippen LogP contribution < -0.4 is 39.1 Å². The smallest absolute Gasteiger partial charge is 0.313 e. The topological polar surface area (TPSA) is 218 Å². The molecule has 0 radical (unpaired) electrons. The van der Waals surface area contributed by atoms with Crippen LogP contribution in [0.4, 0.5) is 22.7 Å². The van der Waals surface area contributed by atoms with E-state index in [4.69, 9.17) is 37.9 Å². The third-order valence-electron chi connectivity index (χ3n) is 8.61. The lowest BCUT2D eigenvalue weighted by atomic mass is 10.1. The van der Waals surface area contributed by atoms with E-state index in [1.807, 2.05) is 0 Å². The maximum Gasteiger partial charge on any atom is 0.313 e. The molecule has 3 aromatic rings. The number of nitrogens with one attached hydrogen (secondary N) is 2. The Bertz CT molecular complexity index is 1770. The van der Waals surface area contributed by atoms with Gasteiger partial charge in [0.05, 0.1) is 73.0 Å². The van der Waals surface area contributed by atoms with E-state index in [1.165, 1.54) is 52.7 Å². The van der Waals surface area contributed by atoms with Crippen LogP contribution in [0.15, 0.2) is 36.4 Å². The molecule has 2 N–H and O–H groups in total. The second-order valence-corrected chi connectivity index (χ2v) is 14.1. The highest BCUT2D eigenvalue weighted by atomic mass is 16.6. The number of benzene rings is 3. The number of methoxy groups -OCH3 is 4. The van der Waals surface area contributed by atoms with Crippen LogP contribution in [0.1, 0.15) is 75.1 Å². The number of carbonyl (C=O) groups excluding carboxylic acids is 2. The molecule has 0 fully saturated rings. The lowest BCUT2D eigenvalue weighted by Crippen LogP contribution is -2.23. The molecule has 3 rings (SSSR count). The third-order valence-corrected chi connectivity index (χ3v) is 8.61. The summed E-state index contributed by atoms with van der Waals surface area (Å²) in [6.45, 7) is 12.8. The van der Waals surface area contributed by atoms with Crippen molar-refractivity contribution in [1.29, 1.82) is 0 Å². The average Bonchev–Trinajstić information content (AvgIpc) is 3.18. The van der Waals surface area contributed by atoms with Gasteiger partial charge in [-0.1, -0.05) is 27.7 Å². The standard InChI is InChI=1S/C40H54N4O14/c1-23(2)11-13-55-25(5)21-57-33-18-34(58-22-26(6)56-14-12-24(3)4)28(40(46)42-30-17-32(44(49)50)38(54-10)20-36(30)52-8)15-27(33)39(45)41-29-16-31(43(47)48)37(53-9)19-35(29)51-7/h15-20,23-26H,11-14,21-22H2,1-10H3,(H,41,45)(H,42,46). The van der Waals surface area contributed by atoms with Gasteiger partial charge in [0.2, 0.25) is 11.5 Å². The molecule has 0 spiro atoms. The van der Waals surface area contributed by atoms with Gasteiger partial charge in [-0.25, -0.2) is 0 Å². The summed E-state index contributed by atoms with van der Waals surface area (Å²) in [5.41, 5.74) is -1.41. The van der Waals surface area contributed by atoms with Crippen LogP contribution in [0.5, 0.6) is 34.5 Å². The average molecular weight is 815 g/mol. The number of carbonyl (C=O) groups is 2. The summed E-state index contributed by atoms with van der Waals surface area (Å²) in [5.74, 6) is -1.02. The van der Waals surface area contributed by atoms with Crippen molar-refractivity contribution in [3.05, 3.63) is 67.8 Å². The van der Waals surface area contributed by atoms with E-state index in [2.05, 4.69) is 38.3 Å². The molecule has 0 aliphatic rings. The first kappa shape index (κ1) is 46.5. The van der Waals surface area contributed by atoms with Crippen molar-refractivity contribution in [1.82, 2.24) is 0 Å². The predicted molar refractivity (Wildman–Crippen MR) is 215 cm³/mol. The first-order valence-corrected chi connectivity index (χ1v) is 18.6. The third kappa shape index (κ3) is 13.1. The molecule has 2 atom stereocenters. The second kappa shape index (κ2) is 22.2. The summed E-state index contributed by atoms with van der Waals surface area (Å²) in [5, 5.41) is 29.0. The summed E-state index contributed by atoms with van der Waals surface area (Å²) in [6, 6.07) is 7.25. The van der Waals surface area contributed by atoms with Crippen molar-refractivity contribution < 1.29 is 57.3 Å². The fourth-order valence-corrected chi connectivity index (χ4v) is 5.30. The Balaban J connectivity index is 2.19. The second-order valence-electron chi connectivity index (χ2n) is 14.1. The van der Waals surface area contributed by atoms with Crippen LogP contribution in [0.25, 0.3) is 0 Å². The first-order valence-electron chi connectivity index (χ1n) is 18.6. The number of hydrogen-bond donors (Lipinski definition) is 2. The van der Waals surface area contributed by atoms with Gasteiger partial charge in [0.15, 0.2) is 0 Å². The van der Waals surface area contributed by atoms with E-state index in [-0.39, 0.29) is 70.2 Å². The highest BCUT2D eigenvalue weighted by molar-refractivity contribution is 6.12. The molecule has 58 heavy (non-hydrogen) atoms. The minimum atomic E-state index is -0.843. The molecule has 0 bridgehead atoms. The van der Waals surface area contributed by atoms with Crippen molar-refractivity contribution in [3.63, 3.8) is 0 Å². The zero-order valence-electron chi connectivity index (χ0n) is 34.6. The highest BCUT2D eigenvalue weighted by Crippen LogP contribution is 2.40.